The molecular formula is C46H29NOS. The summed E-state index contributed by atoms with van der Waals surface area (Å²) in [6, 6.07) is 63.2. The second-order valence-electron chi connectivity index (χ2n) is 12.5. The molecule has 0 amide bonds. The van der Waals surface area contributed by atoms with E-state index in [1.165, 1.54) is 53.2 Å². The molecule has 230 valence electrons. The molecule has 2 aromatic heterocycles. The van der Waals surface area contributed by atoms with Gasteiger partial charge in [0.05, 0.1) is 10.4 Å². The molecule has 0 aliphatic heterocycles. The normalized spacial score (nSPS) is 11.7. The van der Waals surface area contributed by atoms with Gasteiger partial charge in [0.1, 0.15) is 11.2 Å². The van der Waals surface area contributed by atoms with Crippen LogP contribution in [0.25, 0.3) is 75.1 Å². The maximum atomic E-state index is 6.47. The smallest absolute Gasteiger partial charge is 0.137 e. The molecule has 0 saturated carbocycles. The van der Waals surface area contributed by atoms with Crippen LogP contribution in [0.15, 0.2) is 180 Å². The third-order valence-corrected chi connectivity index (χ3v) is 10.8. The van der Waals surface area contributed by atoms with Crippen LogP contribution in [0, 0.1) is 0 Å². The number of para-hydroxylation sites is 1. The predicted molar refractivity (Wildman–Crippen MR) is 210 cm³/mol. The van der Waals surface area contributed by atoms with Gasteiger partial charge < -0.3 is 9.32 Å². The molecule has 0 spiro atoms. The first-order valence-electron chi connectivity index (χ1n) is 16.6. The van der Waals surface area contributed by atoms with E-state index in [2.05, 4.69) is 169 Å². The maximum Gasteiger partial charge on any atom is 0.137 e. The molecule has 0 aliphatic rings. The summed E-state index contributed by atoms with van der Waals surface area (Å²) in [4.78, 5) is 2.43. The van der Waals surface area contributed by atoms with Crippen molar-refractivity contribution in [2.45, 2.75) is 0 Å². The van der Waals surface area contributed by atoms with Crippen LogP contribution in [0.4, 0.5) is 17.1 Å². The van der Waals surface area contributed by atoms with Crippen LogP contribution in [0.3, 0.4) is 0 Å². The molecule has 49 heavy (non-hydrogen) atoms. The third kappa shape index (κ3) is 4.55. The van der Waals surface area contributed by atoms with Crippen LogP contribution in [0.2, 0.25) is 0 Å². The van der Waals surface area contributed by atoms with Crippen LogP contribution >= 0.6 is 11.3 Å². The zero-order chi connectivity index (χ0) is 32.3. The Morgan fingerprint density at radius 1 is 0.429 bits per heavy atom. The van der Waals surface area contributed by atoms with E-state index in [-0.39, 0.29) is 0 Å². The molecule has 10 aromatic rings. The number of hydrogen-bond donors (Lipinski definition) is 0. The van der Waals surface area contributed by atoms with Gasteiger partial charge in [0, 0.05) is 43.7 Å². The standard InChI is InChI=1S/C46H29NOS/c1-3-13-30(14-4-1)35-25-23-33(28-40(35)31-15-5-2-6-16-31)47(34-24-26-38-37-19-9-11-21-42(37)48-43(38)29-34)41-27-32-17-7-8-18-36(32)45-39-20-10-12-22-44(39)49-46(41)45/h1-29H. The van der Waals surface area contributed by atoms with Crippen molar-refractivity contribution in [3.8, 4) is 22.3 Å². The number of thiophene rings is 1. The fraction of sp³-hybridized carbons (Fsp3) is 0. The summed E-state index contributed by atoms with van der Waals surface area (Å²) < 4.78 is 9.01. The Morgan fingerprint density at radius 2 is 1.04 bits per heavy atom. The lowest BCUT2D eigenvalue weighted by Crippen LogP contribution is -2.10. The number of rotatable bonds is 5. The van der Waals surface area contributed by atoms with Crippen LogP contribution in [-0.2, 0) is 0 Å². The lowest BCUT2D eigenvalue weighted by atomic mass is 9.93. The largest absolute Gasteiger partial charge is 0.456 e. The molecule has 0 N–H and O–H groups in total. The molecule has 8 aromatic carbocycles. The SMILES string of the molecule is c1ccc(-c2ccc(N(c3ccc4c(c3)oc3ccccc34)c3cc4ccccc4c4c3sc3ccccc34)cc2-c2ccccc2)cc1. The van der Waals surface area contributed by atoms with Crippen molar-refractivity contribution in [3.63, 3.8) is 0 Å². The number of benzene rings is 8. The highest BCUT2D eigenvalue weighted by atomic mass is 32.1. The van der Waals surface area contributed by atoms with E-state index >= 15 is 0 Å². The minimum atomic E-state index is 0.876. The van der Waals surface area contributed by atoms with Gasteiger partial charge in [0.25, 0.3) is 0 Å². The number of anilines is 3. The first kappa shape index (κ1) is 27.9. The molecule has 0 unspecified atom stereocenters. The van der Waals surface area contributed by atoms with Gasteiger partial charge in [-0.3, -0.25) is 0 Å². The maximum absolute atomic E-state index is 6.47. The topological polar surface area (TPSA) is 16.4 Å². The number of furan rings is 1. The van der Waals surface area contributed by atoms with Gasteiger partial charge in [-0.1, -0.05) is 127 Å². The summed E-state index contributed by atoms with van der Waals surface area (Å²) >= 11 is 1.86. The van der Waals surface area contributed by atoms with Crippen LogP contribution in [0.5, 0.6) is 0 Å². The number of hydrogen-bond acceptors (Lipinski definition) is 3. The van der Waals surface area contributed by atoms with Crippen molar-refractivity contribution in [2.24, 2.45) is 0 Å². The van der Waals surface area contributed by atoms with Crippen LogP contribution in [0.1, 0.15) is 0 Å². The van der Waals surface area contributed by atoms with Crippen LogP contribution < -0.4 is 4.90 Å². The van der Waals surface area contributed by atoms with E-state index in [1.54, 1.807) is 0 Å². The van der Waals surface area contributed by atoms with Crippen LogP contribution in [-0.4, -0.2) is 0 Å². The molecule has 0 radical (unpaired) electrons. The molecule has 10 rings (SSSR count). The second-order valence-corrected chi connectivity index (χ2v) is 13.5. The first-order valence-corrected chi connectivity index (χ1v) is 17.4. The van der Waals surface area contributed by atoms with Crippen molar-refractivity contribution in [2.75, 3.05) is 4.90 Å². The highest BCUT2D eigenvalue weighted by Crippen LogP contribution is 2.49. The average molecular weight is 644 g/mol. The lowest BCUT2D eigenvalue weighted by Gasteiger charge is -2.28. The fourth-order valence-corrected chi connectivity index (χ4v) is 8.62. The Morgan fingerprint density at radius 3 is 1.86 bits per heavy atom. The molecule has 2 heterocycles. The van der Waals surface area contributed by atoms with Gasteiger partial charge in [-0.05, 0) is 75.5 Å². The summed E-state index contributed by atoms with van der Waals surface area (Å²) in [5, 5.41) is 7.33. The summed E-state index contributed by atoms with van der Waals surface area (Å²) in [6.45, 7) is 0. The molecule has 0 fully saturated rings. The van der Waals surface area contributed by atoms with Crippen molar-refractivity contribution in [1.29, 1.82) is 0 Å². The molecule has 2 nitrogen and oxygen atoms in total. The Kier molecular flexibility index (Phi) is 6.39. The van der Waals surface area contributed by atoms with Gasteiger partial charge in [-0.15, -0.1) is 11.3 Å². The van der Waals surface area contributed by atoms with Gasteiger partial charge in [-0.25, -0.2) is 0 Å². The summed E-state index contributed by atoms with van der Waals surface area (Å²) in [6.07, 6.45) is 0. The van der Waals surface area contributed by atoms with Gasteiger partial charge in [0.2, 0.25) is 0 Å². The van der Waals surface area contributed by atoms with E-state index in [9.17, 15) is 0 Å². The van der Waals surface area contributed by atoms with Crippen molar-refractivity contribution >= 4 is 81.3 Å². The van der Waals surface area contributed by atoms with E-state index < -0.39 is 0 Å². The van der Waals surface area contributed by atoms with Gasteiger partial charge >= 0.3 is 0 Å². The van der Waals surface area contributed by atoms with Gasteiger partial charge in [-0.2, -0.15) is 0 Å². The Hall–Kier alpha value is -6.16. The van der Waals surface area contributed by atoms with Crippen molar-refractivity contribution in [1.82, 2.24) is 0 Å². The quantitative estimate of drug-likeness (QED) is 0.186. The van der Waals surface area contributed by atoms with Gasteiger partial charge in [0.15, 0.2) is 0 Å². The zero-order valence-corrected chi connectivity index (χ0v) is 27.3. The van der Waals surface area contributed by atoms with E-state index in [0.717, 1.165) is 39.0 Å². The molecule has 0 aliphatic carbocycles. The summed E-state index contributed by atoms with van der Waals surface area (Å²) in [5.41, 5.74) is 9.83. The third-order valence-electron chi connectivity index (χ3n) is 9.64. The Balaban J connectivity index is 1.30. The molecule has 0 saturated heterocycles. The first-order chi connectivity index (χ1) is 24.3. The van der Waals surface area contributed by atoms with Crippen molar-refractivity contribution < 1.29 is 4.42 Å². The highest BCUT2D eigenvalue weighted by molar-refractivity contribution is 7.26. The Labute approximate surface area is 287 Å². The minimum absolute atomic E-state index is 0.876. The lowest BCUT2D eigenvalue weighted by molar-refractivity contribution is 0.669. The molecule has 3 heteroatoms. The van der Waals surface area contributed by atoms with E-state index in [4.69, 9.17) is 4.42 Å². The highest BCUT2D eigenvalue weighted by Gasteiger charge is 2.23. The Bertz CT molecular complexity index is 2830. The summed E-state index contributed by atoms with van der Waals surface area (Å²) in [5.74, 6) is 0. The van der Waals surface area contributed by atoms with Crippen molar-refractivity contribution in [3.05, 3.63) is 176 Å². The molecular weight excluding hydrogens is 615 g/mol. The zero-order valence-electron chi connectivity index (χ0n) is 26.5. The minimum Gasteiger partial charge on any atom is -0.456 e. The second kappa shape index (κ2) is 11.2. The monoisotopic (exact) mass is 643 g/mol. The molecule has 0 atom stereocenters. The predicted octanol–water partition coefficient (Wildman–Crippen LogP) is 13.9. The number of nitrogens with zero attached hydrogens (tertiary/aromatic N) is 1. The van der Waals surface area contributed by atoms with E-state index in [1.807, 2.05) is 23.5 Å². The average Bonchev–Trinajstić information content (AvgIpc) is 3.75. The molecule has 0 bridgehead atoms. The number of fused-ring (bicyclic) bond motifs is 8. The summed E-state index contributed by atoms with van der Waals surface area (Å²) in [7, 11) is 0. The fourth-order valence-electron chi connectivity index (χ4n) is 7.40. The van der Waals surface area contributed by atoms with E-state index in [0.29, 0.717) is 0 Å².